The van der Waals surface area contributed by atoms with Crippen LogP contribution in [0.2, 0.25) is 0 Å². The molecule has 0 unspecified atom stereocenters. The number of aromatic nitrogens is 4. The van der Waals surface area contributed by atoms with Gasteiger partial charge in [-0.3, -0.25) is 4.79 Å². The van der Waals surface area contributed by atoms with Crippen LogP contribution < -0.4 is 19.7 Å². The molecule has 212 valence electrons. The molecule has 11 heteroatoms. The van der Waals surface area contributed by atoms with Crippen LogP contribution in [0.3, 0.4) is 0 Å². The number of ether oxygens (including phenoxy) is 2. The molecule has 0 aliphatic carbocycles. The number of rotatable bonds is 11. The number of imidazole rings is 1. The number of H-pyrrole nitrogens is 1. The van der Waals surface area contributed by atoms with Crippen molar-refractivity contribution in [1.82, 2.24) is 24.8 Å². The molecule has 0 spiro atoms. The van der Waals surface area contributed by atoms with Gasteiger partial charge in [-0.25, -0.2) is 15.0 Å². The van der Waals surface area contributed by atoms with E-state index in [1.54, 1.807) is 7.11 Å². The van der Waals surface area contributed by atoms with Crippen molar-refractivity contribution >= 4 is 28.9 Å². The summed E-state index contributed by atoms with van der Waals surface area (Å²) in [7, 11) is 3.56. The molecule has 2 aromatic carbocycles. The number of hydrogen-bond donors (Lipinski definition) is 2. The van der Waals surface area contributed by atoms with E-state index in [9.17, 15) is 4.79 Å². The SMILES string of the molecule is CNc1ccc(OC)cc1CCN(C=O)C1CCN(c2cc(Oc3cc(C)c4nc(CC#N)[nH]c4c3)ncn2)CC1. The fraction of sp³-hybridized carbons (Fsp3) is 0.367. The van der Waals surface area contributed by atoms with Gasteiger partial charge in [-0.05, 0) is 61.6 Å². The van der Waals surface area contributed by atoms with Crippen LogP contribution in [0, 0.1) is 18.3 Å². The van der Waals surface area contributed by atoms with Crippen LogP contribution in [0.1, 0.15) is 29.8 Å². The number of methoxy groups -OCH3 is 1. The van der Waals surface area contributed by atoms with E-state index in [0.717, 1.165) is 78.2 Å². The molecule has 3 heterocycles. The minimum Gasteiger partial charge on any atom is -0.497 e. The predicted molar refractivity (Wildman–Crippen MR) is 157 cm³/mol. The number of benzene rings is 2. The Balaban J connectivity index is 1.20. The predicted octanol–water partition coefficient (Wildman–Crippen LogP) is 4.24. The summed E-state index contributed by atoms with van der Waals surface area (Å²) in [4.78, 5) is 32.6. The van der Waals surface area contributed by atoms with Crippen molar-refractivity contribution in [3.8, 4) is 23.4 Å². The van der Waals surface area contributed by atoms with E-state index < -0.39 is 0 Å². The maximum absolute atomic E-state index is 12.0. The van der Waals surface area contributed by atoms with Crippen molar-refractivity contribution in [2.24, 2.45) is 0 Å². The number of anilines is 2. The second-order valence-corrected chi connectivity index (χ2v) is 10.1. The van der Waals surface area contributed by atoms with Crippen LogP contribution >= 0.6 is 0 Å². The first-order valence-corrected chi connectivity index (χ1v) is 13.7. The number of aromatic amines is 1. The number of carbonyl (C=O) groups excluding carboxylic acids is 1. The van der Waals surface area contributed by atoms with E-state index >= 15 is 0 Å². The minimum absolute atomic E-state index is 0.167. The highest BCUT2D eigenvalue weighted by Gasteiger charge is 2.25. The summed E-state index contributed by atoms with van der Waals surface area (Å²) in [6, 6.07) is 13.8. The average Bonchev–Trinajstić information content (AvgIpc) is 3.41. The fourth-order valence-corrected chi connectivity index (χ4v) is 5.35. The van der Waals surface area contributed by atoms with Crippen LogP contribution in [-0.4, -0.2) is 71.1 Å². The largest absolute Gasteiger partial charge is 0.497 e. The number of fused-ring (bicyclic) bond motifs is 1. The summed E-state index contributed by atoms with van der Waals surface area (Å²) in [5.41, 5.74) is 4.74. The topological polar surface area (TPSA) is 132 Å². The van der Waals surface area contributed by atoms with E-state index in [1.165, 1.54) is 6.33 Å². The van der Waals surface area contributed by atoms with Gasteiger partial charge in [0.05, 0.1) is 30.6 Å². The lowest BCUT2D eigenvalue weighted by molar-refractivity contribution is -0.120. The van der Waals surface area contributed by atoms with Crippen LogP contribution in [0.25, 0.3) is 11.0 Å². The first-order chi connectivity index (χ1) is 20.0. The van der Waals surface area contributed by atoms with Gasteiger partial charge in [0, 0.05) is 50.5 Å². The maximum Gasteiger partial charge on any atom is 0.224 e. The van der Waals surface area contributed by atoms with Crippen molar-refractivity contribution in [2.75, 3.05) is 44.0 Å². The van der Waals surface area contributed by atoms with Gasteiger partial charge in [0.1, 0.15) is 29.5 Å². The Bertz CT molecular complexity index is 1560. The molecule has 2 aromatic heterocycles. The smallest absolute Gasteiger partial charge is 0.224 e. The third kappa shape index (κ3) is 6.32. The highest BCUT2D eigenvalue weighted by Crippen LogP contribution is 2.29. The van der Waals surface area contributed by atoms with Gasteiger partial charge in [-0.2, -0.15) is 5.26 Å². The molecule has 4 aromatic rings. The number of piperidine rings is 1. The molecule has 0 saturated carbocycles. The highest BCUT2D eigenvalue weighted by molar-refractivity contribution is 5.80. The molecule has 1 aliphatic rings. The molecule has 1 saturated heterocycles. The summed E-state index contributed by atoms with van der Waals surface area (Å²) in [6.07, 6.45) is 5.13. The maximum atomic E-state index is 12.0. The lowest BCUT2D eigenvalue weighted by Gasteiger charge is -2.37. The third-order valence-corrected chi connectivity index (χ3v) is 7.51. The number of carbonyl (C=O) groups is 1. The monoisotopic (exact) mass is 554 g/mol. The Hall–Kier alpha value is -4.85. The molecule has 1 amide bonds. The van der Waals surface area contributed by atoms with Gasteiger partial charge in [0.2, 0.25) is 12.3 Å². The second-order valence-electron chi connectivity index (χ2n) is 10.1. The zero-order chi connectivity index (χ0) is 28.8. The summed E-state index contributed by atoms with van der Waals surface area (Å²) in [5.74, 6) is 3.30. The van der Waals surface area contributed by atoms with Gasteiger partial charge >= 0.3 is 0 Å². The Morgan fingerprint density at radius 1 is 1.20 bits per heavy atom. The minimum atomic E-state index is 0.167. The molecular weight excluding hydrogens is 520 g/mol. The molecule has 1 fully saturated rings. The number of nitrogens with one attached hydrogen (secondary N) is 2. The van der Waals surface area contributed by atoms with E-state index in [0.29, 0.717) is 24.0 Å². The summed E-state index contributed by atoms with van der Waals surface area (Å²) in [6.45, 7) is 4.14. The number of hydrogen-bond acceptors (Lipinski definition) is 9. The zero-order valence-corrected chi connectivity index (χ0v) is 23.6. The quantitative estimate of drug-likeness (QED) is 0.261. The number of amides is 1. The molecule has 1 aliphatic heterocycles. The zero-order valence-electron chi connectivity index (χ0n) is 23.6. The van der Waals surface area contributed by atoms with Crippen LogP contribution in [-0.2, 0) is 17.6 Å². The molecule has 11 nitrogen and oxygen atoms in total. The van der Waals surface area contributed by atoms with Crippen LogP contribution in [0.5, 0.6) is 17.4 Å². The van der Waals surface area contributed by atoms with Gasteiger partial charge in [-0.15, -0.1) is 0 Å². The standard InChI is InChI=1S/C30H34N8O3/c1-20-14-24(16-26-30(20)36-27(35-26)6-10-31)41-29-17-28(33-18-34-29)37-12-8-22(9-13-37)38(19-39)11-7-21-15-23(40-3)4-5-25(21)32-2/h4-5,14-19,22,32H,6-9,11-13H2,1-3H3,(H,35,36). The van der Waals surface area contributed by atoms with Gasteiger partial charge < -0.3 is 29.6 Å². The van der Waals surface area contributed by atoms with Crippen LogP contribution in [0.4, 0.5) is 11.5 Å². The van der Waals surface area contributed by atoms with Crippen molar-refractivity contribution in [2.45, 2.75) is 38.6 Å². The number of aryl methyl sites for hydroxylation is 1. The Morgan fingerprint density at radius 2 is 2.02 bits per heavy atom. The lowest BCUT2D eigenvalue weighted by Crippen LogP contribution is -2.45. The third-order valence-electron chi connectivity index (χ3n) is 7.51. The van der Waals surface area contributed by atoms with Gasteiger partial charge in [0.15, 0.2) is 0 Å². The normalized spacial score (nSPS) is 13.6. The molecule has 0 atom stereocenters. The molecule has 41 heavy (non-hydrogen) atoms. The van der Waals surface area contributed by atoms with E-state index in [-0.39, 0.29) is 12.5 Å². The molecule has 0 bridgehead atoms. The van der Waals surface area contributed by atoms with E-state index in [4.69, 9.17) is 14.7 Å². The number of nitriles is 1. The van der Waals surface area contributed by atoms with Crippen LogP contribution in [0.15, 0.2) is 42.7 Å². The molecule has 5 rings (SSSR count). The summed E-state index contributed by atoms with van der Waals surface area (Å²) < 4.78 is 11.5. The van der Waals surface area contributed by atoms with Crippen molar-refractivity contribution in [3.05, 3.63) is 59.7 Å². The molecular formula is C30H34N8O3. The summed E-state index contributed by atoms with van der Waals surface area (Å²) >= 11 is 0. The lowest BCUT2D eigenvalue weighted by atomic mass is 10.0. The van der Waals surface area contributed by atoms with Crippen molar-refractivity contribution in [3.63, 3.8) is 0 Å². The molecule has 2 N–H and O–H groups in total. The van der Waals surface area contributed by atoms with E-state index in [2.05, 4.69) is 36.2 Å². The average molecular weight is 555 g/mol. The second kappa shape index (κ2) is 12.6. The first kappa shape index (κ1) is 27.7. The van der Waals surface area contributed by atoms with E-state index in [1.807, 2.05) is 55.3 Å². The van der Waals surface area contributed by atoms with Gasteiger partial charge in [0.25, 0.3) is 0 Å². The Kier molecular flexibility index (Phi) is 8.48. The van der Waals surface area contributed by atoms with Crippen molar-refractivity contribution < 1.29 is 14.3 Å². The number of nitrogens with zero attached hydrogens (tertiary/aromatic N) is 6. The Labute approximate surface area is 239 Å². The van der Waals surface area contributed by atoms with Crippen molar-refractivity contribution in [1.29, 1.82) is 5.26 Å². The van der Waals surface area contributed by atoms with Gasteiger partial charge in [-0.1, -0.05) is 0 Å². The summed E-state index contributed by atoms with van der Waals surface area (Å²) in [5, 5.41) is 12.2. The Morgan fingerprint density at radius 3 is 2.76 bits per heavy atom. The highest BCUT2D eigenvalue weighted by atomic mass is 16.5. The molecule has 0 radical (unpaired) electrons. The first-order valence-electron chi connectivity index (χ1n) is 13.7. The fourth-order valence-electron chi connectivity index (χ4n) is 5.35.